The number of halogens is 2. The minimum Gasteiger partial charge on any atom is -0.480 e. The standard InChI is InChI=1S/C12H9ClFNO3S/c1-5(12(17)18)15-11(16)10-9(13)7-3-2-6(14)4-8(7)19-10/h2-5H,1H3,(H,15,16)(H,17,18)/t5-/m1/s1. The SMILES string of the molecule is C[C@@H](NC(=O)c1sc2cc(F)ccc2c1Cl)C(=O)O. The van der Waals surface area contributed by atoms with Crippen LogP contribution in [0.4, 0.5) is 4.39 Å². The number of amides is 1. The predicted molar refractivity (Wildman–Crippen MR) is 71.4 cm³/mol. The lowest BCUT2D eigenvalue weighted by Crippen LogP contribution is -2.38. The lowest BCUT2D eigenvalue weighted by Gasteiger charge is -2.07. The lowest BCUT2D eigenvalue weighted by molar-refractivity contribution is -0.138. The molecule has 7 heteroatoms. The molecule has 100 valence electrons. The average molecular weight is 302 g/mol. The summed E-state index contributed by atoms with van der Waals surface area (Å²) in [4.78, 5) is 22.7. The topological polar surface area (TPSA) is 66.4 Å². The third-order valence-corrected chi connectivity index (χ3v) is 4.17. The number of nitrogens with one attached hydrogen (secondary N) is 1. The van der Waals surface area contributed by atoms with E-state index in [4.69, 9.17) is 16.7 Å². The van der Waals surface area contributed by atoms with Crippen molar-refractivity contribution in [1.29, 1.82) is 0 Å². The molecule has 0 unspecified atom stereocenters. The van der Waals surface area contributed by atoms with Gasteiger partial charge in [0.15, 0.2) is 0 Å². The molecule has 2 N–H and O–H groups in total. The van der Waals surface area contributed by atoms with Crippen molar-refractivity contribution in [1.82, 2.24) is 5.32 Å². The van der Waals surface area contributed by atoms with Crippen LogP contribution in [0.25, 0.3) is 10.1 Å². The van der Waals surface area contributed by atoms with Gasteiger partial charge in [-0.2, -0.15) is 0 Å². The minimum atomic E-state index is -1.14. The fourth-order valence-electron chi connectivity index (χ4n) is 1.51. The largest absolute Gasteiger partial charge is 0.480 e. The van der Waals surface area contributed by atoms with E-state index in [2.05, 4.69) is 5.32 Å². The molecular weight excluding hydrogens is 293 g/mol. The smallest absolute Gasteiger partial charge is 0.325 e. The van der Waals surface area contributed by atoms with Crippen molar-refractivity contribution in [2.24, 2.45) is 0 Å². The van der Waals surface area contributed by atoms with Gasteiger partial charge in [0.25, 0.3) is 5.91 Å². The summed E-state index contributed by atoms with van der Waals surface area (Å²) in [5, 5.41) is 11.8. The van der Waals surface area contributed by atoms with Gasteiger partial charge in [-0.15, -0.1) is 11.3 Å². The van der Waals surface area contributed by atoms with Gasteiger partial charge >= 0.3 is 5.97 Å². The second kappa shape index (κ2) is 5.14. The number of thiophene rings is 1. The molecule has 0 spiro atoms. The quantitative estimate of drug-likeness (QED) is 0.916. The van der Waals surface area contributed by atoms with Gasteiger partial charge in [-0.25, -0.2) is 4.39 Å². The van der Waals surface area contributed by atoms with Crippen LogP contribution in [0.5, 0.6) is 0 Å². The second-order valence-corrected chi connectivity index (χ2v) is 5.35. The van der Waals surface area contributed by atoms with Crippen LogP contribution in [-0.2, 0) is 4.79 Å². The highest BCUT2D eigenvalue weighted by molar-refractivity contribution is 7.21. The molecule has 0 aliphatic carbocycles. The van der Waals surface area contributed by atoms with Crippen LogP contribution in [0.3, 0.4) is 0 Å². The van der Waals surface area contributed by atoms with Gasteiger partial charge in [0.2, 0.25) is 0 Å². The maximum atomic E-state index is 13.1. The molecule has 0 aliphatic heterocycles. The van der Waals surface area contributed by atoms with Crippen molar-refractivity contribution in [3.8, 4) is 0 Å². The second-order valence-electron chi connectivity index (χ2n) is 3.92. The Morgan fingerprint density at radius 3 is 2.79 bits per heavy atom. The highest BCUT2D eigenvalue weighted by atomic mass is 35.5. The van der Waals surface area contributed by atoms with E-state index in [0.29, 0.717) is 10.1 Å². The summed E-state index contributed by atoms with van der Waals surface area (Å²) < 4.78 is 13.6. The molecule has 2 aromatic rings. The summed E-state index contributed by atoms with van der Waals surface area (Å²) in [7, 11) is 0. The average Bonchev–Trinajstić information content (AvgIpc) is 2.66. The number of carbonyl (C=O) groups is 2. The Morgan fingerprint density at radius 2 is 2.16 bits per heavy atom. The number of carboxylic acid groups (broad SMARTS) is 1. The highest BCUT2D eigenvalue weighted by Gasteiger charge is 2.21. The number of carbonyl (C=O) groups excluding carboxylic acids is 1. The van der Waals surface area contributed by atoms with Crippen molar-refractivity contribution in [2.75, 3.05) is 0 Å². The molecule has 1 heterocycles. The molecule has 0 saturated carbocycles. The number of aliphatic carboxylic acids is 1. The van der Waals surface area contributed by atoms with Crippen molar-refractivity contribution in [3.63, 3.8) is 0 Å². The molecule has 1 amide bonds. The van der Waals surface area contributed by atoms with Gasteiger partial charge in [0, 0.05) is 10.1 Å². The van der Waals surface area contributed by atoms with Gasteiger partial charge in [-0.3, -0.25) is 9.59 Å². The Labute approximate surface area is 116 Å². The molecule has 4 nitrogen and oxygen atoms in total. The first kappa shape index (κ1) is 13.8. The summed E-state index contributed by atoms with van der Waals surface area (Å²) in [5.74, 6) is -2.14. The Morgan fingerprint density at radius 1 is 1.47 bits per heavy atom. The van der Waals surface area contributed by atoms with Gasteiger partial charge < -0.3 is 10.4 Å². The Hall–Kier alpha value is -1.66. The van der Waals surface area contributed by atoms with Gasteiger partial charge in [0.1, 0.15) is 16.7 Å². The van der Waals surface area contributed by atoms with Crippen molar-refractivity contribution in [2.45, 2.75) is 13.0 Å². The van der Waals surface area contributed by atoms with E-state index in [1.165, 1.54) is 25.1 Å². The summed E-state index contributed by atoms with van der Waals surface area (Å²) in [5.41, 5.74) is 0. The molecular formula is C12H9ClFNO3S. The lowest BCUT2D eigenvalue weighted by atomic mass is 10.2. The van der Waals surface area contributed by atoms with Crippen LogP contribution in [0.15, 0.2) is 18.2 Å². The first-order chi connectivity index (χ1) is 8.90. The molecule has 0 bridgehead atoms. The van der Waals surface area contributed by atoms with E-state index in [1.807, 2.05) is 0 Å². The van der Waals surface area contributed by atoms with Gasteiger partial charge in [-0.1, -0.05) is 11.6 Å². The van der Waals surface area contributed by atoms with Crippen LogP contribution >= 0.6 is 22.9 Å². The van der Waals surface area contributed by atoms with E-state index < -0.39 is 23.7 Å². The van der Waals surface area contributed by atoms with Crippen molar-refractivity contribution in [3.05, 3.63) is 33.9 Å². The summed E-state index contributed by atoms with van der Waals surface area (Å²) in [6.07, 6.45) is 0. The fourth-order valence-corrected chi connectivity index (χ4v) is 2.95. The summed E-state index contributed by atoms with van der Waals surface area (Å²) >= 11 is 7.07. The van der Waals surface area contributed by atoms with Crippen molar-refractivity contribution >= 4 is 44.9 Å². The van der Waals surface area contributed by atoms with Crippen LogP contribution in [-0.4, -0.2) is 23.0 Å². The maximum absolute atomic E-state index is 13.1. The highest BCUT2D eigenvalue weighted by Crippen LogP contribution is 2.35. The Balaban J connectivity index is 2.37. The van der Waals surface area contributed by atoms with Gasteiger partial charge in [0.05, 0.1) is 5.02 Å². The number of carboxylic acids is 1. The Bertz CT molecular complexity index is 670. The van der Waals surface area contributed by atoms with E-state index >= 15 is 0 Å². The third-order valence-electron chi connectivity index (χ3n) is 2.52. The van der Waals surface area contributed by atoms with Crippen LogP contribution in [0.1, 0.15) is 16.6 Å². The van der Waals surface area contributed by atoms with E-state index in [1.54, 1.807) is 0 Å². The number of hydrogen-bond donors (Lipinski definition) is 2. The minimum absolute atomic E-state index is 0.176. The molecule has 2 rings (SSSR count). The van der Waals surface area contributed by atoms with Crippen LogP contribution < -0.4 is 5.32 Å². The van der Waals surface area contributed by atoms with Crippen molar-refractivity contribution < 1.29 is 19.1 Å². The molecule has 1 aromatic heterocycles. The van der Waals surface area contributed by atoms with Gasteiger partial charge in [-0.05, 0) is 25.1 Å². The van der Waals surface area contributed by atoms with E-state index in [-0.39, 0.29) is 9.90 Å². The normalized spacial score (nSPS) is 12.4. The summed E-state index contributed by atoms with van der Waals surface area (Å²) in [6.45, 7) is 1.35. The first-order valence-corrected chi connectivity index (χ1v) is 6.51. The monoisotopic (exact) mass is 301 g/mol. The molecule has 0 radical (unpaired) electrons. The molecule has 1 atom stereocenters. The number of fused-ring (bicyclic) bond motifs is 1. The Kier molecular flexibility index (Phi) is 3.73. The predicted octanol–water partition coefficient (Wildman–Crippen LogP) is 2.90. The number of rotatable bonds is 3. The summed E-state index contributed by atoms with van der Waals surface area (Å²) in [6, 6.07) is 3.00. The van der Waals surface area contributed by atoms with E-state index in [0.717, 1.165) is 11.3 Å². The number of benzene rings is 1. The molecule has 0 aliphatic rings. The molecule has 0 saturated heterocycles. The third kappa shape index (κ3) is 2.69. The number of hydrogen-bond acceptors (Lipinski definition) is 3. The fraction of sp³-hybridized carbons (Fsp3) is 0.167. The van der Waals surface area contributed by atoms with E-state index in [9.17, 15) is 14.0 Å². The zero-order valence-corrected chi connectivity index (χ0v) is 11.3. The van der Waals surface area contributed by atoms with Crippen LogP contribution in [0.2, 0.25) is 5.02 Å². The molecule has 19 heavy (non-hydrogen) atoms. The zero-order chi connectivity index (χ0) is 14.2. The molecule has 1 aromatic carbocycles. The van der Waals surface area contributed by atoms with Crippen LogP contribution in [0, 0.1) is 5.82 Å². The zero-order valence-electron chi connectivity index (χ0n) is 9.74. The first-order valence-electron chi connectivity index (χ1n) is 5.31. The maximum Gasteiger partial charge on any atom is 0.325 e. The molecule has 0 fully saturated rings.